The van der Waals surface area contributed by atoms with Crippen molar-refractivity contribution in [1.82, 2.24) is 5.43 Å². The van der Waals surface area contributed by atoms with E-state index in [1.54, 1.807) is 12.1 Å². The summed E-state index contributed by atoms with van der Waals surface area (Å²) < 4.78 is 39.5. The van der Waals surface area contributed by atoms with Crippen LogP contribution < -0.4 is 11.3 Å². The topological polar surface area (TPSA) is 38.0 Å². The van der Waals surface area contributed by atoms with E-state index < -0.39 is 17.7 Å². The fraction of sp³-hybridized carbons (Fsp3) is 0.143. The van der Waals surface area contributed by atoms with Gasteiger partial charge < -0.3 is 0 Å². The van der Waals surface area contributed by atoms with Crippen LogP contribution in [0.3, 0.4) is 0 Å². The molecule has 1 unspecified atom stereocenters. The van der Waals surface area contributed by atoms with Gasteiger partial charge in [-0.3, -0.25) is 11.3 Å². The molecule has 0 heterocycles. The summed E-state index contributed by atoms with van der Waals surface area (Å²) in [7, 11) is 0. The predicted molar refractivity (Wildman–Crippen MR) is 74.2 cm³/mol. The SMILES string of the molecule is NNC(Cc1ccc(F)cc1)c1ccc(F)c(F)c1Br. The summed E-state index contributed by atoms with van der Waals surface area (Å²) in [5.41, 5.74) is 3.88. The third-order valence-corrected chi connectivity index (χ3v) is 3.80. The molecule has 3 N–H and O–H groups in total. The highest BCUT2D eigenvalue weighted by Gasteiger charge is 2.18. The average molecular weight is 345 g/mol. The van der Waals surface area contributed by atoms with E-state index in [1.807, 2.05) is 0 Å². The minimum atomic E-state index is -0.957. The summed E-state index contributed by atoms with van der Waals surface area (Å²) in [6.07, 6.45) is 0.417. The molecule has 0 bridgehead atoms. The Hall–Kier alpha value is -1.37. The van der Waals surface area contributed by atoms with Crippen molar-refractivity contribution in [2.75, 3.05) is 0 Å². The largest absolute Gasteiger partial charge is 0.271 e. The Morgan fingerprint density at radius 1 is 1.05 bits per heavy atom. The van der Waals surface area contributed by atoms with Gasteiger partial charge in [0.15, 0.2) is 11.6 Å². The van der Waals surface area contributed by atoms with Gasteiger partial charge in [0.25, 0.3) is 0 Å². The van der Waals surface area contributed by atoms with Gasteiger partial charge in [-0.2, -0.15) is 0 Å². The van der Waals surface area contributed by atoms with Crippen LogP contribution in [0, 0.1) is 17.5 Å². The second-order valence-electron chi connectivity index (χ2n) is 4.31. The highest BCUT2D eigenvalue weighted by Crippen LogP contribution is 2.29. The number of hydrogen-bond donors (Lipinski definition) is 2. The van der Waals surface area contributed by atoms with Gasteiger partial charge in [-0.25, -0.2) is 13.2 Å². The Morgan fingerprint density at radius 2 is 1.70 bits per heavy atom. The lowest BCUT2D eigenvalue weighted by molar-refractivity contribution is 0.491. The van der Waals surface area contributed by atoms with E-state index in [9.17, 15) is 13.2 Å². The smallest absolute Gasteiger partial charge is 0.173 e. The van der Waals surface area contributed by atoms with Gasteiger partial charge in [0.1, 0.15) is 5.82 Å². The fourth-order valence-corrected chi connectivity index (χ4v) is 2.52. The molecule has 20 heavy (non-hydrogen) atoms. The zero-order chi connectivity index (χ0) is 14.7. The molecule has 0 aromatic heterocycles. The molecule has 2 aromatic rings. The molecule has 0 radical (unpaired) electrons. The molecule has 0 aliphatic heterocycles. The van der Waals surface area contributed by atoms with E-state index in [0.29, 0.717) is 12.0 Å². The maximum absolute atomic E-state index is 13.5. The van der Waals surface area contributed by atoms with Gasteiger partial charge in [-0.1, -0.05) is 18.2 Å². The standard InChI is InChI=1S/C14H12BrF3N2/c15-13-10(5-6-11(17)14(13)18)12(20-19)7-8-1-3-9(16)4-2-8/h1-6,12,20H,7,19H2. The number of nitrogens with two attached hydrogens (primary N) is 1. The quantitative estimate of drug-likeness (QED) is 0.505. The molecule has 0 fully saturated rings. The number of hydrazine groups is 1. The van der Waals surface area contributed by atoms with Crippen molar-refractivity contribution >= 4 is 15.9 Å². The third kappa shape index (κ3) is 3.20. The van der Waals surface area contributed by atoms with Crippen LogP contribution >= 0.6 is 15.9 Å². The van der Waals surface area contributed by atoms with Gasteiger partial charge in [0.05, 0.1) is 10.5 Å². The zero-order valence-corrected chi connectivity index (χ0v) is 11.9. The molecule has 106 valence electrons. The Kier molecular flexibility index (Phi) is 4.80. The average Bonchev–Trinajstić information content (AvgIpc) is 2.45. The molecule has 0 amide bonds. The Morgan fingerprint density at radius 3 is 2.30 bits per heavy atom. The lowest BCUT2D eigenvalue weighted by Crippen LogP contribution is -2.30. The van der Waals surface area contributed by atoms with Crippen LogP contribution in [0.1, 0.15) is 17.2 Å². The van der Waals surface area contributed by atoms with Gasteiger partial charge in [0.2, 0.25) is 0 Å². The van der Waals surface area contributed by atoms with Crippen molar-refractivity contribution in [3.05, 3.63) is 69.4 Å². The summed E-state index contributed by atoms with van der Waals surface area (Å²) in [6, 6.07) is 7.99. The number of rotatable bonds is 4. The molecule has 6 heteroatoms. The molecular formula is C14H12BrF3N2. The molecule has 0 aliphatic carbocycles. The summed E-state index contributed by atoms with van der Waals surface area (Å²) in [5.74, 6) is 3.26. The van der Waals surface area contributed by atoms with Crippen molar-refractivity contribution in [3.63, 3.8) is 0 Å². The van der Waals surface area contributed by atoms with Crippen LogP contribution in [0.25, 0.3) is 0 Å². The van der Waals surface area contributed by atoms with E-state index in [-0.39, 0.29) is 10.3 Å². The first-order chi connectivity index (χ1) is 9.52. The van der Waals surface area contributed by atoms with Gasteiger partial charge in [-0.15, -0.1) is 0 Å². The highest BCUT2D eigenvalue weighted by atomic mass is 79.9. The van der Waals surface area contributed by atoms with E-state index in [0.717, 1.165) is 11.6 Å². The molecule has 0 saturated heterocycles. The lowest BCUT2D eigenvalue weighted by atomic mass is 9.99. The minimum absolute atomic E-state index is 0.0301. The highest BCUT2D eigenvalue weighted by molar-refractivity contribution is 9.10. The van der Waals surface area contributed by atoms with E-state index >= 15 is 0 Å². The molecule has 2 nitrogen and oxygen atoms in total. The Balaban J connectivity index is 2.29. The fourth-order valence-electron chi connectivity index (χ4n) is 1.92. The molecule has 0 saturated carbocycles. The van der Waals surface area contributed by atoms with E-state index in [4.69, 9.17) is 5.84 Å². The maximum Gasteiger partial charge on any atom is 0.173 e. The normalized spacial score (nSPS) is 12.4. The second-order valence-corrected chi connectivity index (χ2v) is 5.11. The van der Waals surface area contributed by atoms with Crippen LogP contribution in [0.4, 0.5) is 13.2 Å². The van der Waals surface area contributed by atoms with Crippen molar-refractivity contribution in [2.24, 2.45) is 5.84 Å². The third-order valence-electron chi connectivity index (χ3n) is 2.99. The minimum Gasteiger partial charge on any atom is -0.271 e. The Labute approximate surface area is 122 Å². The summed E-state index contributed by atoms with van der Waals surface area (Å²) in [4.78, 5) is 0. The monoisotopic (exact) mass is 344 g/mol. The maximum atomic E-state index is 13.5. The molecule has 0 aliphatic rings. The predicted octanol–water partition coefficient (Wildman–Crippen LogP) is 3.61. The molecular weight excluding hydrogens is 333 g/mol. The second kappa shape index (κ2) is 6.39. The first kappa shape index (κ1) is 15.0. The number of benzene rings is 2. The van der Waals surface area contributed by atoms with Gasteiger partial charge in [0, 0.05) is 0 Å². The molecule has 1 atom stereocenters. The van der Waals surface area contributed by atoms with E-state index in [2.05, 4.69) is 21.4 Å². The number of nitrogens with one attached hydrogen (secondary N) is 1. The summed E-state index contributed by atoms with van der Waals surface area (Å²) in [6.45, 7) is 0. The van der Waals surface area contributed by atoms with Gasteiger partial charge >= 0.3 is 0 Å². The Bertz CT molecular complexity index is 602. The number of hydrogen-bond acceptors (Lipinski definition) is 2. The first-order valence-corrected chi connectivity index (χ1v) is 6.66. The molecule has 2 aromatic carbocycles. The summed E-state index contributed by atoms with van der Waals surface area (Å²) in [5, 5.41) is 0. The van der Waals surface area contributed by atoms with Crippen molar-refractivity contribution < 1.29 is 13.2 Å². The van der Waals surface area contributed by atoms with Crippen molar-refractivity contribution in [3.8, 4) is 0 Å². The van der Waals surface area contributed by atoms with Crippen LogP contribution in [-0.4, -0.2) is 0 Å². The van der Waals surface area contributed by atoms with Crippen molar-refractivity contribution in [1.29, 1.82) is 0 Å². The van der Waals surface area contributed by atoms with Gasteiger partial charge in [-0.05, 0) is 51.7 Å². The number of halogens is 4. The van der Waals surface area contributed by atoms with Crippen LogP contribution in [0.5, 0.6) is 0 Å². The summed E-state index contributed by atoms with van der Waals surface area (Å²) >= 11 is 3.03. The molecule has 2 rings (SSSR count). The van der Waals surface area contributed by atoms with Crippen LogP contribution in [0.2, 0.25) is 0 Å². The lowest BCUT2D eigenvalue weighted by Gasteiger charge is -2.18. The first-order valence-electron chi connectivity index (χ1n) is 5.87. The van der Waals surface area contributed by atoms with Crippen LogP contribution in [-0.2, 0) is 6.42 Å². The zero-order valence-electron chi connectivity index (χ0n) is 10.3. The van der Waals surface area contributed by atoms with Crippen LogP contribution in [0.15, 0.2) is 40.9 Å². The van der Waals surface area contributed by atoms with Crippen molar-refractivity contribution in [2.45, 2.75) is 12.5 Å². The van der Waals surface area contributed by atoms with E-state index in [1.165, 1.54) is 18.2 Å². The molecule has 0 spiro atoms.